The smallest absolute Gasteiger partial charge is 0.423 e. The predicted octanol–water partition coefficient (Wildman–Crippen LogP) is 1.17. The molecule has 2 aromatic carbocycles. The number of rotatable bonds is 5. The number of carbonyl (C=O) groups is 1. The molecule has 0 bridgehead atoms. The monoisotopic (exact) mass is 301 g/mol. The van der Waals surface area contributed by atoms with Crippen LogP contribution in [0.1, 0.15) is 22.8 Å². The minimum Gasteiger partial charge on any atom is -0.423 e. The zero-order chi connectivity index (χ0) is 16.1. The van der Waals surface area contributed by atoms with Crippen LogP contribution in [0.25, 0.3) is 0 Å². The number of nitrogens with zero attached hydrogens (tertiary/aromatic N) is 1. The molecule has 6 heteroatoms. The van der Waals surface area contributed by atoms with Crippen LogP contribution in [0.3, 0.4) is 0 Å². The first-order valence-corrected chi connectivity index (χ1v) is 7.01. The summed E-state index contributed by atoms with van der Waals surface area (Å²) >= 11 is 0. The van der Waals surface area contributed by atoms with E-state index in [1.807, 2.05) is 37.3 Å². The molecular weight excluding hydrogens is 284 g/mol. The second-order valence-corrected chi connectivity index (χ2v) is 4.95. The zero-order valence-corrected chi connectivity index (χ0v) is 12.2. The van der Waals surface area contributed by atoms with Crippen molar-refractivity contribution in [1.29, 1.82) is 0 Å². The van der Waals surface area contributed by atoms with Gasteiger partial charge >= 0.3 is 7.12 Å². The molecule has 0 aliphatic heterocycles. The maximum atomic E-state index is 13.5. The van der Waals surface area contributed by atoms with Gasteiger partial charge in [-0.2, -0.15) is 0 Å². The molecule has 0 aliphatic rings. The SMILES string of the molecule is CCN(Cc1ccccc1)C(=O)c1cc(F)cc(B(O)O)c1. The highest BCUT2D eigenvalue weighted by Crippen LogP contribution is 2.11. The molecule has 0 unspecified atom stereocenters. The van der Waals surface area contributed by atoms with E-state index >= 15 is 0 Å². The Morgan fingerprint density at radius 2 is 1.86 bits per heavy atom. The first kappa shape index (κ1) is 16.2. The molecule has 0 saturated heterocycles. The molecule has 1 amide bonds. The summed E-state index contributed by atoms with van der Waals surface area (Å²) in [6.45, 7) is 2.70. The highest BCUT2D eigenvalue weighted by atomic mass is 19.1. The molecule has 114 valence electrons. The Morgan fingerprint density at radius 1 is 1.18 bits per heavy atom. The maximum absolute atomic E-state index is 13.5. The normalized spacial score (nSPS) is 10.4. The summed E-state index contributed by atoms with van der Waals surface area (Å²) in [5.74, 6) is -1.03. The Balaban J connectivity index is 2.25. The molecule has 2 rings (SSSR count). The van der Waals surface area contributed by atoms with Crippen molar-refractivity contribution in [1.82, 2.24) is 4.90 Å². The molecule has 0 saturated carbocycles. The van der Waals surface area contributed by atoms with E-state index in [1.165, 1.54) is 6.07 Å². The highest BCUT2D eigenvalue weighted by Gasteiger charge is 2.19. The number of hydrogen-bond donors (Lipinski definition) is 2. The number of halogens is 1. The summed E-state index contributed by atoms with van der Waals surface area (Å²) in [6, 6.07) is 12.9. The van der Waals surface area contributed by atoms with Gasteiger partial charge in [-0.3, -0.25) is 4.79 Å². The third-order valence-electron chi connectivity index (χ3n) is 3.35. The van der Waals surface area contributed by atoms with Gasteiger partial charge in [-0.15, -0.1) is 0 Å². The molecule has 0 aliphatic carbocycles. The Hall–Kier alpha value is -2.18. The second-order valence-electron chi connectivity index (χ2n) is 4.95. The molecular formula is C16H17BFNO3. The van der Waals surface area contributed by atoms with Gasteiger partial charge in [0.1, 0.15) is 5.82 Å². The lowest BCUT2D eigenvalue weighted by Gasteiger charge is -2.21. The number of benzene rings is 2. The van der Waals surface area contributed by atoms with Crippen LogP contribution < -0.4 is 5.46 Å². The third-order valence-corrected chi connectivity index (χ3v) is 3.35. The van der Waals surface area contributed by atoms with Crippen molar-refractivity contribution < 1.29 is 19.2 Å². The Bertz CT molecular complexity index is 649. The topological polar surface area (TPSA) is 60.8 Å². The number of hydrogen-bond acceptors (Lipinski definition) is 3. The summed E-state index contributed by atoms with van der Waals surface area (Å²) in [4.78, 5) is 14.1. The third kappa shape index (κ3) is 3.93. The lowest BCUT2D eigenvalue weighted by Crippen LogP contribution is -2.34. The van der Waals surface area contributed by atoms with Crippen LogP contribution in [0.5, 0.6) is 0 Å². The molecule has 0 radical (unpaired) electrons. The molecule has 0 spiro atoms. The van der Waals surface area contributed by atoms with Crippen molar-refractivity contribution in [2.24, 2.45) is 0 Å². The summed E-state index contributed by atoms with van der Waals surface area (Å²) in [5, 5.41) is 18.3. The van der Waals surface area contributed by atoms with Crippen LogP contribution in [0.4, 0.5) is 4.39 Å². The molecule has 0 fully saturated rings. The lowest BCUT2D eigenvalue weighted by atomic mass is 9.79. The molecule has 2 N–H and O–H groups in total. The van der Waals surface area contributed by atoms with Crippen LogP contribution in [0, 0.1) is 5.82 Å². The summed E-state index contributed by atoms with van der Waals surface area (Å²) in [6.07, 6.45) is 0. The summed E-state index contributed by atoms with van der Waals surface area (Å²) < 4.78 is 13.5. The molecule has 22 heavy (non-hydrogen) atoms. The van der Waals surface area contributed by atoms with Gasteiger partial charge in [0, 0.05) is 18.7 Å². The van der Waals surface area contributed by atoms with Gasteiger partial charge < -0.3 is 14.9 Å². The van der Waals surface area contributed by atoms with E-state index in [2.05, 4.69) is 0 Å². The van der Waals surface area contributed by atoms with E-state index in [4.69, 9.17) is 10.0 Å². The maximum Gasteiger partial charge on any atom is 0.488 e. The molecule has 4 nitrogen and oxygen atoms in total. The summed E-state index contributed by atoms with van der Waals surface area (Å²) in [5.41, 5.74) is 1.02. The second kappa shape index (κ2) is 7.20. The van der Waals surface area contributed by atoms with Gasteiger partial charge in [0.05, 0.1) is 0 Å². The quantitative estimate of drug-likeness (QED) is 0.815. The van der Waals surface area contributed by atoms with Crippen molar-refractivity contribution in [2.45, 2.75) is 13.5 Å². The van der Waals surface area contributed by atoms with Gasteiger partial charge in [0.2, 0.25) is 0 Å². The van der Waals surface area contributed by atoms with E-state index in [1.54, 1.807) is 4.90 Å². The lowest BCUT2D eigenvalue weighted by molar-refractivity contribution is 0.0752. The molecule has 0 aromatic heterocycles. The molecule has 2 aromatic rings. The first-order chi connectivity index (χ1) is 10.5. The predicted molar refractivity (Wildman–Crippen MR) is 83.1 cm³/mol. The van der Waals surface area contributed by atoms with Crippen LogP contribution >= 0.6 is 0 Å². The minimum absolute atomic E-state index is 0.0425. The van der Waals surface area contributed by atoms with Crippen LogP contribution in [-0.2, 0) is 6.54 Å². The van der Waals surface area contributed by atoms with Gasteiger partial charge in [-0.05, 0) is 36.1 Å². The van der Waals surface area contributed by atoms with Gasteiger partial charge in [-0.1, -0.05) is 30.3 Å². The van der Waals surface area contributed by atoms with Crippen molar-refractivity contribution >= 4 is 18.5 Å². The van der Waals surface area contributed by atoms with E-state index in [0.29, 0.717) is 13.1 Å². The number of carbonyl (C=O) groups excluding carboxylic acids is 1. The Kier molecular flexibility index (Phi) is 5.30. The first-order valence-electron chi connectivity index (χ1n) is 7.01. The van der Waals surface area contributed by atoms with Gasteiger partial charge in [-0.25, -0.2) is 4.39 Å². The Labute approximate surface area is 129 Å². The van der Waals surface area contributed by atoms with Crippen molar-refractivity contribution in [3.05, 3.63) is 65.5 Å². The van der Waals surface area contributed by atoms with E-state index in [0.717, 1.165) is 17.7 Å². The minimum atomic E-state index is -1.81. The average molecular weight is 301 g/mol. The molecule has 0 heterocycles. The fraction of sp³-hybridized carbons (Fsp3) is 0.188. The highest BCUT2D eigenvalue weighted by molar-refractivity contribution is 6.58. The van der Waals surface area contributed by atoms with Crippen LogP contribution in [-0.4, -0.2) is 34.5 Å². The van der Waals surface area contributed by atoms with Crippen molar-refractivity contribution in [2.75, 3.05) is 6.54 Å². The zero-order valence-electron chi connectivity index (χ0n) is 12.2. The van der Waals surface area contributed by atoms with Crippen molar-refractivity contribution in [3.63, 3.8) is 0 Å². The van der Waals surface area contributed by atoms with Gasteiger partial charge in [0.25, 0.3) is 5.91 Å². The fourth-order valence-corrected chi connectivity index (χ4v) is 2.20. The van der Waals surface area contributed by atoms with Crippen LogP contribution in [0.2, 0.25) is 0 Å². The average Bonchev–Trinajstić information content (AvgIpc) is 2.52. The van der Waals surface area contributed by atoms with E-state index < -0.39 is 12.9 Å². The van der Waals surface area contributed by atoms with Crippen LogP contribution in [0.15, 0.2) is 48.5 Å². The number of amides is 1. The molecule has 0 atom stereocenters. The standard InChI is InChI=1S/C16H17BFNO3/c1-2-19(11-12-6-4-3-5-7-12)16(20)13-8-14(17(21)22)10-15(18)9-13/h3-10,21-22H,2,11H2,1H3. The fourth-order valence-electron chi connectivity index (χ4n) is 2.20. The largest absolute Gasteiger partial charge is 0.488 e. The Morgan fingerprint density at radius 3 is 2.45 bits per heavy atom. The van der Waals surface area contributed by atoms with Crippen molar-refractivity contribution in [3.8, 4) is 0 Å². The van der Waals surface area contributed by atoms with E-state index in [-0.39, 0.29) is 16.9 Å². The van der Waals surface area contributed by atoms with Gasteiger partial charge in [0.15, 0.2) is 0 Å². The summed E-state index contributed by atoms with van der Waals surface area (Å²) in [7, 11) is -1.81. The van der Waals surface area contributed by atoms with E-state index in [9.17, 15) is 9.18 Å².